The minimum Gasteiger partial charge on any atom is -0.493 e. The molecule has 3 N–H and O–H groups in total. The topological polar surface area (TPSA) is 134 Å². The standard InChI is InChI=1S/C21H21ClN6O4/c1-31-15-5-16(22)27-28-14(10-25-18(15)28)19(30)26-11-6-21(7-11)8-12(9-21)32-20-13(17(23)29)3-2-4-24-20/h2-5,10-12H,6-9H2,1H3,(H2,23,29)(H,26,30). The maximum absolute atomic E-state index is 12.8. The predicted octanol–water partition coefficient (Wildman–Crippen LogP) is 2.01. The molecular weight excluding hydrogens is 436 g/mol. The molecule has 0 aromatic carbocycles. The molecule has 11 heteroatoms. The van der Waals surface area contributed by atoms with Gasteiger partial charge < -0.3 is 20.5 Å². The van der Waals surface area contributed by atoms with Crippen molar-refractivity contribution < 1.29 is 19.1 Å². The number of carbonyl (C=O) groups is 2. The largest absolute Gasteiger partial charge is 0.493 e. The highest BCUT2D eigenvalue weighted by Gasteiger charge is 2.54. The SMILES string of the molecule is COc1cc(Cl)nn2c(C(=O)NC3CC4(C3)CC(Oc3ncccc3C(N)=O)C4)cnc12. The van der Waals surface area contributed by atoms with Gasteiger partial charge in [0, 0.05) is 18.3 Å². The van der Waals surface area contributed by atoms with Crippen molar-refractivity contribution in [1.82, 2.24) is 24.9 Å². The van der Waals surface area contributed by atoms with Gasteiger partial charge in [-0.3, -0.25) is 9.59 Å². The van der Waals surface area contributed by atoms with Crippen molar-refractivity contribution in [1.29, 1.82) is 0 Å². The summed E-state index contributed by atoms with van der Waals surface area (Å²) in [7, 11) is 1.51. The van der Waals surface area contributed by atoms with Gasteiger partial charge in [0.25, 0.3) is 11.8 Å². The minimum absolute atomic E-state index is 0.0165. The number of fused-ring (bicyclic) bond motifs is 1. The molecule has 0 bridgehead atoms. The number of nitrogens with two attached hydrogens (primary N) is 1. The van der Waals surface area contributed by atoms with Crippen LogP contribution >= 0.6 is 11.6 Å². The van der Waals surface area contributed by atoms with Gasteiger partial charge in [-0.15, -0.1) is 0 Å². The molecule has 5 rings (SSSR count). The maximum atomic E-state index is 12.8. The molecule has 10 nitrogen and oxygen atoms in total. The van der Waals surface area contributed by atoms with E-state index in [0.29, 0.717) is 17.1 Å². The lowest BCUT2D eigenvalue weighted by atomic mass is 9.53. The van der Waals surface area contributed by atoms with Gasteiger partial charge in [-0.1, -0.05) is 11.6 Å². The molecule has 2 fully saturated rings. The first-order valence-electron chi connectivity index (χ1n) is 10.2. The first-order valence-corrected chi connectivity index (χ1v) is 10.6. The first kappa shape index (κ1) is 20.5. The van der Waals surface area contributed by atoms with Crippen LogP contribution in [-0.2, 0) is 0 Å². The number of rotatable bonds is 6. The molecule has 0 atom stereocenters. The van der Waals surface area contributed by atoms with Gasteiger partial charge in [-0.05, 0) is 43.2 Å². The molecule has 2 aliphatic carbocycles. The van der Waals surface area contributed by atoms with Crippen LogP contribution in [0.5, 0.6) is 11.6 Å². The Morgan fingerprint density at radius 1 is 1.28 bits per heavy atom. The highest BCUT2D eigenvalue weighted by Crippen LogP contribution is 2.56. The Morgan fingerprint density at radius 2 is 2.06 bits per heavy atom. The average molecular weight is 457 g/mol. The van der Waals surface area contributed by atoms with E-state index in [4.69, 9.17) is 26.8 Å². The van der Waals surface area contributed by atoms with Gasteiger partial charge in [-0.2, -0.15) is 5.10 Å². The van der Waals surface area contributed by atoms with E-state index in [1.165, 1.54) is 17.8 Å². The second-order valence-corrected chi connectivity index (χ2v) is 8.75. The predicted molar refractivity (Wildman–Crippen MR) is 114 cm³/mol. The zero-order valence-electron chi connectivity index (χ0n) is 17.2. The summed E-state index contributed by atoms with van der Waals surface area (Å²) in [6.07, 6.45) is 6.42. The lowest BCUT2D eigenvalue weighted by molar-refractivity contribution is -0.0848. The van der Waals surface area contributed by atoms with E-state index in [-0.39, 0.29) is 40.1 Å². The molecule has 0 aliphatic heterocycles. The number of primary amides is 1. The second kappa shape index (κ2) is 7.63. The highest BCUT2D eigenvalue weighted by molar-refractivity contribution is 6.29. The van der Waals surface area contributed by atoms with Gasteiger partial charge in [0.1, 0.15) is 11.7 Å². The number of halogens is 1. The van der Waals surface area contributed by atoms with Gasteiger partial charge in [0.15, 0.2) is 22.2 Å². The fourth-order valence-electron chi connectivity index (χ4n) is 4.72. The van der Waals surface area contributed by atoms with Crippen LogP contribution in [0.1, 0.15) is 46.5 Å². The molecule has 3 heterocycles. The molecule has 166 valence electrons. The summed E-state index contributed by atoms with van der Waals surface area (Å²) in [6, 6.07) is 4.86. The third-order valence-corrected chi connectivity index (χ3v) is 6.37. The molecule has 2 saturated carbocycles. The van der Waals surface area contributed by atoms with Gasteiger partial charge >= 0.3 is 0 Å². The van der Waals surface area contributed by atoms with Gasteiger partial charge in [-0.25, -0.2) is 14.5 Å². The third-order valence-electron chi connectivity index (χ3n) is 6.19. The molecule has 3 aromatic heterocycles. The number of hydrogen-bond donors (Lipinski definition) is 2. The number of pyridine rings is 1. The van der Waals surface area contributed by atoms with Crippen molar-refractivity contribution in [2.45, 2.75) is 37.8 Å². The third kappa shape index (κ3) is 3.50. The molecule has 1 spiro atoms. The monoisotopic (exact) mass is 456 g/mol. The fraction of sp³-hybridized carbons (Fsp3) is 0.381. The van der Waals surface area contributed by atoms with E-state index in [1.54, 1.807) is 24.4 Å². The number of carbonyl (C=O) groups excluding carboxylic acids is 2. The number of methoxy groups -OCH3 is 1. The molecule has 3 aromatic rings. The van der Waals surface area contributed by atoms with Crippen LogP contribution in [0.15, 0.2) is 30.6 Å². The van der Waals surface area contributed by atoms with Crippen molar-refractivity contribution in [3.8, 4) is 11.6 Å². The smallest absolute Gasteiger partial charge is 0.271 e. The normalized spacial score (nSPS) is 23.9. The number of ether oxygens (including phenoxy) is 2. The van der Waals surface area contributed by atoms with E-state index >= 15 is 0 Å². The Morgan fingerprint density at radius 3 is 2.78 bits per heavy atom. The minimum atomic E-state index is -0.561. The van der Waals surface area contributed by atoms with Crippen LogP contribution in [0.25, 0.3) is 5.65 Å². The Bertz CT molecular complexity index is 1210. The van der Waals surface area contributed by atoms with E-state index < -0.39 is 5.91 Å². The molecule has 32 heavy (non-hydrogen) atoms. The summed E-state index contributed by atoms with van der Waals surface area (Å²) in [4.78, 5) is 32.7. The maximum Gasteiger partial charge on any atom is 0.271 e. The number of hydrogen-bond acceptors (Lipinski definition) is 7. The molecular formula is C21H21ClN6O4. The van der Waals surface area contributed by atoms with Crippen molar-refractivity contribution in [2.75, 3.05) is 7.11 Å². The molecule has 0 radical (unpaired) electrons. The van der Waals surface area contributed by atoms with Crippen LogP contribution in [0.3, 0.4) is 0 Å². The van der Waals surface area contributed by atoms with E-state index in [9.17, 15) is 9.59 Å². The number of amides is 2. The lowest BCUT2D eigenvalue weighted by Crippen LogP contribution is -2.58. The van der Waals surface area contributed by atoms with Gasteiger partial charge in [0.2, 0.25) is 5.88 Å². The zero-order chi connectivity index (χ0) is 22.5. The second-order valence-electron chi connectivity index (χ2n) is 8.36. The molecule has 2 aliphatic rings. The number of nitrogens with zero attached hydrogens (tertiary/aromatic N) is 4. The number of nitrogens with one attached hydrogen (secondary N) is 1. The van der Waals surface area contributed by atoms with E-state index in [2.05, 4.69) is 20.4 Å². The zero-order valence-corrected chi connectivity index (χ0v) is 18.0. The summed E-state index contributed by atoms with van der Waals surface area (Å²) in [6.45, 7) is 0. The van der Waals surface area contributed by atoms with Crippen LogP contribution in [0.2, 0.25) is 5.15 Å². The van der Waals surface area contributed by atoms with Gasteiger partial charge in [0.05, 0.1) is 13.3 Å². The summed E-state index contributed by atoms with van der Waals surface area (Å²) in [5.41, 5.74) is 6.53. The highest BCUT2D eigenvalue weighted by atomic mass is 35.5. The number of aromatic nitrogens is 4. The summed E-state index contributed by atoms with van der Waals surface area (Å²) >= 11 is 6.03. The molecule has 0 unspecified atom stereocenters. The van der Waals surface area contributed by atoms with E-state index in [1.807, 2.05) is 0 Å². The van der Waals surface area contributed by atoms with E-state index in [0.717, 1.165) is 25.7 Å². The molecule has 2 amide bonds. The van der Waals surface area contributed by atoms with Crippen molar-refractivity contribution in [3.63, 3.8) is 0 Å². The Hall–Kier alpha value is -3.40. The summed E-state index contributed by atoms with van der Waals surface area (Å²) in [5, 5.41) is 7.41. The average Bonchev–Trinajstić information content (AvgIpc) is 3.13. The van der Waals surface area contributed by atoms with Crippen molar-refractivity contribution in [3.05, 3.63) is 47.0 Å². The van der Waals surface area contributed by atoms with Crippen LogP contribution in [0.4, 0.5) is 0 Å². The van der Waals surface area contributed by atoms with Crippen LogP contribution < -0.4 is 20.5 Å². The summed E-state index contributed by atoms with van der Waals surface area (Å²) in [5.74, 6) is -0.104. The fourth-order valence-corrected chi connectivity index (χ4v) is 4.89. The summed E-state index contributed by atoms with van der Waals surface area (Å²) < 4.78 is 12.5. The van der Waals surface area contributed by atoms with Crippen LogP contribution in [-0.4, -0.2) is 50.7 Å². The van der Waals surface area contributed by atoms with Crippen molar-refractivity contribution >= 4 is 29.1 Å². The number of imidazole rings is 1. The lowest BCUT2D eigenvalue weighted by Gasteiger charge is -2.57. The van der Waals surface area contributed by atoms with Crippen molar-refractivity contribution in [2.24, 2.45) is 11.1 Å². The Kier molecular flexibility index (Phi) is 4.89. The Labute approximate surface area is 188 Å². The van der Waals surface area contributed by atoms with Crippen LogP contribution in [0, 0.1) is 5.41 Å². The quantitative estimate of drug-likeness (QED) is 0.579. The molecule has 0 saturated heterocycles. The first-order chi connectivity index (χ1) is 15.4. The Balaban J connectivity index is 1.17.